The van der Waals surface area contributed by atoms with E-state index in [1.807, 2.05) is 55.5 Å². The van der Waals surface area contributed by atoms with E-state index in [9.17, 15) is 13.2 Å². The Balaban J connectivity index is 1.63. The Bertz CT molecular complexity index is 1190. The van der Waals surface area contributed by atoms with E-state index in [1.54, 1.807) is 17.0 Å². The lowest BCUT2D eigenvalue weighted by molar-refractivity contribution is 0.0666. The highest BCUT2D eigenvalue weighted by Gasteiger charge is 2.35. The third-order valence-corrected chi connectivity index (χ3v) is 7.26. The van der Waals surface area contributed by atoms with E-state index in [0.717, 1.165) is 11.1 Å². The van der Waals surface area contributed by atoms with Gasteiger partial charge in [0.1, 0.15) is 11.5 Å². The SMILES string of the molecule is Cc1cccc(C(=O)N(Cc2ccc(-c3cccc(Cl)c3)o2)[C@@H]2CCS(=O)(=O)C2)c1. The molecule has 7 heteroatoms. The highest BCUT2D eigenvalue weighted by atomic mass is 35.5. The molecule has 0 spiro atoms. The lowest BCUT2D eigenvalue weighted by atomic mass is 10.1. The standard InChI is InChI=1S/C23H22ClNO4S/c1-16-4-2-6-18(12-16)23(26)25(20-10-11-30(27,28)15-20)14-21-8-9-22(29-21)17-5-3-7-19(24)13-17/h2-9,12-13,20H,10-11,14-15H2,1H3/t20-/m1/s1. The van der Waals surface area contributed by atoms with Gasteiger partial charge in [-0.2, -0.15) is 0 Å². The molecule has 4 rings (SSSR count). The molecule has 0 bridgehead atoms. The van der Waals surface area contributed by atoms with Gasteiger partial charge in [0.2, 0.25) is 0 Å². The summed E-state index contributed by atoms with van der Waals surface area (Å²) in [6.07, 6.45) is 0.432. The van der Waals surface area contributed by atoms with Gasteiger partial charge in [0.05, 0.1) is 18.1 Å². The molecule has 1 aliphatic rings. The molecule has 1 fully saturated rings. The van der Waals surface area contributed by atoms with E-state index in [2.05, 4.69) is 0 Å². The number of furan rings is 1. The summed E-state index contributed by atoms with van der Waals surface area (Å²) in [6.45, 7) is 2.12. The highest BCUT2D eigenvalue weighted by molar-refractivity contribution is 7.91. The minimum atomic E-state index is -3.14. The fraction of sp³-hybridized carbons (Fsp3) is 0.261. The molecule has 1 atom stereocenters. The Morgan fingerprint density at radius 1 is 1.13 bits per heavy atom. The van der Waals surface area contributed by atoms with Crippen molar-refractivity contribution in [2.24, 2.45) is 0 Å². The molecule has 1 aromatic heterocycles. The van der Waals surface area contributed by atoms with E-state index in [0.29, 0.717) is 28.5 Å². The number of nitrogens with zero attached hydrogens (tertiary/aromatic N) is 1. The zero-order valence-electron chi connectivity index (χ0n) is 16.5. The third-order valence-electron chi connectivity index (χ3n) is 5.27. The number of carbonyl (C=O) groups is 1. The molecule has 1 aliphatic heterocycles. The second kappa shape index (κ2) is 8.28. The summed E-state index contributed by atoms with van der Waals surface area (Å²) in [6, 6.07) is 17.9. The average molecular weight is 444 g/mol. The van der Waals surface area contributed by atoms with Crippen LogP contribution < -0.4 is 0 Å². The molecular formula is C23H22ClNO4S. The number of hydrogen-bond acceptors (Lipinski definition) is 4. The van der Waals surface area contributed by atoms with Crippen LogP contribution in [-0.2, 0) is 16.4 Å². The quantitative estimate of drug-likeness (QED) is 0.571. The van der Waals surface area contributed by atoms with Crippen molar-refractivity contribution in [2.75, 3.05) is 11.5 Å². The first-order valence-electron chi connectivity index (χ1n) is 9.73. The summed E-state index contributed by atoms with van der Waals surface area (Å²) in [5, 5.41) is 0.609. The number of carbonyl (C=O) groups excluding carboxylic acids is 1. The largest absolute Gasteiger partial charge is 0.459 e. The van der Waals surface area contributed by atoms with Gasteiger partial charge in [0.15, 0.2) is 9.84 Å². The number of benzene rings is 2. The van der Waals surface area contributed by atoms with Crippen LogP contribution >= 0.6 is 11.6 Å². The van der Waals surface area contributed by atoms with E-state index < -0.39 is 9.84 Å². The summed E-state index contributed by atoms with van der Waals surface area (Å²) in [4.78, 5) is 14.9. The van der Waals surface area contributed by atoms with Crippen LogP contribution in [0.4, 0.5) is 0 Å². The number of rotatable bonds is 5. The molecule has 3 aromatic rings. The van der Waals surface area contributed by atoms with Crippen molar-refractivity contribution in [1.29, 1.82) is 0 Å². The Morgan fingerprint density at radius 3 is 2.63 bits per heavy atom. The maximum atomic E-state index is 13.3. The first kappa shape index (κ1) is 20.7. The number of aryl methyl sites for hydroxylation is 1. The van der Waals surface area contributed by atoms with E-state index >= 15 is 0 Å². The second-order valence-electron chi connectivity index (χ2n) is 7.64. The lowest BCUT2D eigenvalue weighted by Gasteiger charge is -2.27. The topological polar surface area (TPSA) is 67.6 Å². The van der Waals surface area contributed by atoms with Gasteiger partial charge in [-0.3, -0.25) is 4.79 Å². The van der Waals surface area contributed by atoms with Gasteiger partial charge in [-0.15, -0.1) is 0 Å². The Hall–Kier alpha value is -2.57. The van der Waals surface area contributed by atoms with Crippen LogP contribution in [0.5, 0.6) is 0 Å². The average Bonchev–Trinajstić information content (AvgIpc) is 3.32. The van der Waals surface area contributed by atoms with Crippen molar-refractivity contribution in [3.63, 3.8) is 0 Å². The Labute approximate surface area is 181 Å². The van der Waals surface area contributed by atoms with Crippen molar-refractivity contribution < 1.29 is 17.6 Å². The van der Waals surface area contributed by atoms with E-state index in [1.165, 1.54) is 0 Å². The fourth-order valence-corrected chi connectivity index (χ4v) is 5.68. The van der Waals surface area contributed by atoms with Gasteiger partial charge in [0.25, 0.3) is 5.91 Å². The van der Waals surface area contributed by atoms with Crippen molar-refractivity contribution in [3.05, 3.63) is 82.6 Å². The van der Waals surface area contributed by atoms with Crippen LogP contribution in [0.3, 0.4) is 0 Å². The van der Waals surface area contributed by atoms with Crippen molar-refractivity contribution in [1.82, 2.24) is 4.90 Å². The maximum absolute atomic E-state index is 13.3. The molecule has 0 unspecified atom stereocenters. The number of amides is 1. The summed E-state index contributed by atoms with van der Waals surface area (Å²) in [5.74, 6) is 1.12. The Kier molecular flexibility index (Phi) is 5.71. The van der Waals surface area contributed by atoms with E-state index in [-0.39, 0.29) is 30.0 Å². The predicted octanol–water partition coefficient (Wildman–Crippen LogP) is 4.74. The number of sulfone groups is 1. The molecule has 0 aliphatic carbocycles. The van der Waals surface area contributed by atoms with Gasteiger partial charge < -0.3 is 9.32 Å². The van der Waals surface area contributed by atoms with Crippen molar-refractivity contribution in [3.8, 4) is 11.3 Å². The molecular weight excluding hydrogens is 422 g/mol. The second-order valence-corrected chi connectivity index (χ2v) is 10.3. The van der Waals surface area contributed by atoms with Crippen LogP contribution in [0, 0.1) is 6.92 Å². The molecule has 0 N–H and O–H groups in total. The molecule has 2 heterocycles. The molecule has 1 saturated heterocycles. The van der Waals surface area contributed by atoms with Gasteiger partial charge in [-0.1, -0.05) is 41.4 Å². The highest BCUT2D eigenvalue weighted by Crippen LogP contribution is 2.27. The summed E-state index contributed by atoms with van der Waals surface area (Å²) in [7, 11) is -3.14. The van der Waals surface area contributed by atoms with Gasteiger partial charge >= 0.3 is 0 Å². The van der Waals surface area contributed by atoms with Gasteiger partial charge in [0, 0.05) is 22.2 Å². The van der Waals surface area contributed by atoms with Crippen LogP contribution in [0.2, 0.25) is 5.02 Å². The zero-order chi connectivity index (χ0) is 21.3. The minimum absolute atomic E-state index is 0.0214. The molecule has 2 aromatic carbocycles. The van der Waals surface area contributed by atoms with Crippen LogP contribution in [0.1, 0.15) is 28.1 Å². The first-order chi connectivity index (χ1) is 14.3. The lowest BCUT2D eigenvalue weighted by Crippen LogP contribution is -2.40. The molecule has 1 amide bonds. The van der Waals surface area contributed by atoms with Gasteiger partial charge in [-0.25, -0.2) is 8.42 Å². The van der Waals surface area contributed by atoms with E-state index in [4.69, 9.17) is 16.0 Å². The summed E-state index contributed by atoms with van der Waals surface area (Å²) >= 11 is 6.07. The monoisotopic (exact) mass is 443 g/mol. The molecule has 0 radical (unpaired) electrons. The van der Waals surface area contributed by atoms with Crippen LogP contribution in [-0.4, -0.2) is 36.8 Å². The van der Waals surface area contributed by atoms with Gasteiger partial charge in [-0.05, 0) is 49.7 Å². The summed E-state index contributed by atoms with van der Waals surface area (Å²) in [5.41, 5.74) is 2.36. The number of hydrogen-bond donors (Lipinski definition) is 0. The minimum Gasteiger partial charge on any atom is -0.459 e. The normalized spacial score (nSPS) is 17.7. The van der Waals surface area contributed by atoms with Crippen LogP contribution in [0.15, 0.2) is 65.1 Å². The maximum Gasteiger partial charge on any atom is 0.254 e. The molecule has 156 valence electrons. The Morgan fingerprint density at radius 2 is 1.93 bits per heavy atom. The molecule has 30 heavy (non-hydrogen) atoms. The zero-order valence-corrected chi connectivity index (χ0v) is 18.1. The number of halogens is 1. The fourth-order valence-electron chi connectivity index (χ4n) is 3.76. The van der Waals surface area contributed by atoms with Crippen molar-refractivity contribution >= 4 is 27.3 Å². The summed E-state index contributed by atoms with van der Waals surface area (Å²) < 4.78 is 30.1. The molecule has 0 saturated carbocycles. The smallest absolute Gasteiger partial charge is 0.254 e. The predicted molar refractivity (Wildman–Crippen MR) is 117 cm³/mol. The third kappa shape index (κ3) is 4.60. The van der Waals surface area contributed by atoms with Crippen LogP contribution in [0.25, 0.3) is 11.3 Å². The molecule has 5 nitrogen and oxygen atoms in total. The first-order valence-corrected chi connectivity index (χ1v) is 11.9. The van der Waals surface area contributed by atoms with Crippen molar-refractivity contribution in [2.45, 2.75) is 25.9 Å².